The van der Waals surface area contributed by atoms with Crippen LogP contribution in [0.2, 0.25) is 0 Å². The van der Waals surface area contributed by atoms with Gasteiger partial charge in [0, 0.05) is 43.2 Å². The molecule has 0 radical (unpaired) electrons. The van der Waals surface area contributed by atoms with Crippen molar-refractivity contribution in [1.29, 1.82) is 0 Å². The summed E-state index contributed by atoms with van der Waals surface area (Å²) < 4.78 is 0.734. The molecule has 0 unspecified atom stereocenters. The van der Waals surface area contributed by atoms with Crippen LogP contribution in [0, 0.1) is 0 Å². The van der Waals surface area contributed by atoms with E-state index in [0.717, 1.165) is 41.7 Å². The van der Waals surface area contributed by atoms with E-state index >= 15 is 0 Å². The maximum atomic E-state index is 12.2. The van der Waals surface area contributed by atoms with E-state index in [9.17, 15) is 9.59 Å². The Morgan fingerprint density at radius 2 is 2.36 bits per heavy atom. The number of rotatable bonds is 10. The number of likely N-dealkylation sites (N-methyl/N-ethyl adjacent to an activating group) is 1. The molecule has 0 spiro atoms. The van der Waals surface area contributed by atoms with Gasteiger partial charge in [0.25, 0.3) is 0 Å². The van der Waals surface area contributed by atoms with Gasteiger partial charge in [0.15, 0.2) is 10.0 Å². The van der Waals surface area contributed by atoms with Crippen LogP contribution in [0.5, 0.6) is 0 Å². The lowest BCUT2D eigenvalue weighted by Crippen LogP contribution is -2.43. The van der Waals surface area contributed by atoms with Crippen molar-refractivity contribution in [1.82, 2.24) is 14.8 Å². The first-order valence-electron chi connectivity index (χ1n) is 8.38. The van der Waals surface area contributed by atoms with Crippen LogP contribution in [0.4, 0.5) is 0 Å². The number of likely N-dealkylation sites (tertiary alicyclic amines) is 1. The van der Waals surface area contributed by atoms with Crippen molar-refractivity contribution in [2.45, 2.75) is 37.1 Å². The van der Waals surface area contributed by atoms with E-state index in [1.54, 1.807) is 5.38 Å². The normalized spacial score (nSPS) is 17.5. The fourth-order valence-corrected chi connectivity index (χ4v) is 4.74. The van der Waals surface area contributed by atoms with Crippen LogP contribution < -0.4 is 0 Å². The molecule has 1 amide bonds. The zero-order valence-electron chi connectivity index (χ0n) is 14.7. The van der Waals surface area contributed by atoms with E-state index in [2.05, 4.69) is 23.4 Å². The molecule has 0 aliphatic carbocycles. The van der Waals surface area contributed by atoms with Crippen LogP contribution in [0.3, 0.4) is 0 Å². The van der Waals surface area contributed by atoms with Gasteiger partial charge in [-0.05, 0) is 19.9 Å². The first kappa shape index (κ1) is 19.9. The Kier molecular flexibility index (Phi) is 7.46. The van der Waals surface area contributed by atoms with Crippen LogP contribution in [-0.2, 0) is 4.79 Å². The van der Waals surface area contributed by atoms with E-state index in [0.29, 0.717) is 13.0 Å². The Morgan fingerprint density at radius 1 is 1.60 bits per heavy atom. The number of thioether (sulfide) groups is 1. The molecule has 6 nitrogen and oxygen atoms in total. The fourth-order valence-electron chi connectivity index (χ4n) is 2.93. The molecule has 2 heterocycles. The van der Waals surface area contributed by atoms with Gasteiger partial charge in [-0.1, -0.05) is 30.8 Å². The third kappa shape index (κ3) is 5.83. The van der Waals surface area contributed by atoms with Crippen molar-refractivity contribution in [2.24, 2.45) is 0 Å². The van der Waals surface area contributed by atoms with E-state index in [4.69, 9.17) is 5.11 Å². The van der Waals surface area contributed by atoms with Crippen LogP contribution >= 0.6 is 23.1 Å². The van der Waals surface area contributed by atoms with Crippen LogP contribution in [0.1, 0.15) is 37.2 Å². The second-order valence-corrected chi connectivity index (χ2v) is 8.42. The maximum absolute atomic E-state index is 12.2. The van der Waals surface area contributed by atoms with Gasteiger partial charge in [-0.2, -0.15) is 0 Å². The van der Waals surface area contributed by atoms with E-state index < -0.39 is 5.97 Å². The Morgan fingerprint density at radius 3 is 2.96 bits per heavy atom. The summed E-state index contributed by atoms with van der Waals surface area (Å²) in [4.78, 5) is 31.4. The Balaban J connectivity index is 1.86. The molecule has 1 aliphatic rings. The number of hydrogen-bond acceptors (Lipinski definition) is 6. The third-order valence-corrected chi connectivity index (χ3v) is 6.12. The molecule has 1 fully saturated rings. The van der Waals surface area contributed by atoms with Crippen molar-refractivity contribution in [3.05, 3.63) is 23.2 Å². The molecule has 1 aromatic heterocycles. The van der Waals surface area contributed by atoms with Gasteiger partial charge < -0.3 is 10.0 Å². The van der Waals surface area contributed by atoms with Crippen LogP contribution in [0.15, 0.2) is 21.9 Å². The molecule has 1 saturated heterocycles. The molecule has 0 saturated carbocycles. The molecular formula is C17H25N3O3S2. The number of carboxylic acids is 1. The number of carboxylic acid groups (broad SMARTS) is 1. The van der Waals surface area contributed by atoms with Gasteiger partial charge in [-0.25, -0.2) is 9.78 Å². The second-order valence-electron chi connectivity index (χ2n) is 6.22. The van der Waals surface area contributed by atoms with Gasteiger partial charge >= 0.3 is 5.97 Å². The average molecular weight is 384 g/mol. The smallest absolute Gasteiger partial charge is 0.355 e. The molecule has 0 aromatic carbocycles. The quantitative estimate of drug-likeness (QED) is 0.495. The van der Waals surface area contributed by atoms with E-state index in [1.807, 2.05) is 11.8 Å². The minimum Gasteiger partial charge on any atom is -0.476 e. The number of carbonyl (C=O) groups excluding carboxylic acids is 1. The molecule has 1 N–H and O–H groups in total. The molecule has 1 atom stereocenters. The lowest BCUT2D eigenvalue weighted by molar-refractivity contribution is -0.128. The molecular weight excluding hydrogens is 358 g/mol. The SMILES string of the molecule is C=C(C)CN(CC)C[C@H]1CCC(=O)N1CCSc1nc(C(=O)O)cs1. The minimum absolute atomic E-state index is 0.0843. The highest BCUT2D eigenvalue weighted by Crippen LogP contribution is 2.25. The minimum atomic E-state index is -1.00. The molecule has 8 heteroatoms. The summed E-state index contributed by atoms with van der Waals surface area (Å²) in [5.41, 5.74) is 1.22. The monoisotopic (exact) mass is 383 g/mol. The van der Waals surface area contributed by atoms with Gasteiger partial charge in [0.05, 0.1) is 0 Å². The maximum Gasteiger partial charge on any atom is 0.355 e. The van der Waals surface area contributed by atoms with Crippen molar-refractivity contribution < 1.29 is 14.7 Å². The summed E-state index contributed by atoms with van der Waals surface area (Å²) in [5, 5.41) is 10.5. The lowest BCUT2D eigenvalue weighted by Gasteiger charge is -2.30. The summed E-state index contributed by atoms with van der Waals surface area (Å²) in [5.74, 6) is -0.0704. The van der Waals surface area contributed by atoms with Crippen molar-refractivity contribution in [2.75, 3.05) is 31.9 Å². The Hall–Kier alpha value is -1.38. The second kappa shape index (κ2) is 9.35. The predicted octanol–water partition coefficient (Wildman–Crippen LogP) is 2.82. The van der Waals surface area contributed by atoms with Crippen molar-refractivity contribution >= 4 is 35.0 Å². The zero-order chi connectivity index (χ0) is 18.4. The summed E-state index contributed by atoms with van der Waals surface area (Å²) >= 11 is 2.84. The van der Waals surface area contributed by atoms with E-state index in [-0.39, 0.29) is 17.6 Å². The highest BCUT2D eigenvalue weighted by atomic mass is 32.2. The highest BCUT2D eigenvalue weighted by molar-refractivity contribution is 8.01. The van der Waals surface area contributed by atoms with E-state index in [1.165, 1.54) is 23.1 Å². The highest BCUT2D eigenvalue weighted by Gasteiger charge is 2.31. The first-order valence-corrected chi connectivity index (χ1v) is 10.2. The average Bonchev–Trinajstić information content (AvgIpc) is 3.15. The van der Waals surface area contributed by atoms with Crippen molar-refractivity contribution in [3.63, 3.8) is 0 Å². The fraction of sp³-hybridized carbons (Fsp3) is 0.588. The largest absolute Gasteiger partial charge is 0.476 e. The number of thiazole rings is 1. The molecule has 0 bridgehead atoms. The number of hydrogen-bond donors (Lipinski definition) is 1. The molecule has 25 heavy (non-hydrogen) atoms. The molecule has 1 aliphatic heterocycles. The Bertz CT molecular complexity index is 632. The first-order chi connectivity index (χ1) is 11.9. The van der Waals surface area contributed by atoms with Gasteiger partial charge in [-0.15, -0.1) is 11.3 Å². The topological polar surface area (TPSA) is 73.7 Å². The number of aromatic carboxylic acids is 1. The standard InChI is InChI=1S/C17H25N3O3S2/c1-4-19(9-12(2)3)10-13-5-6-15(21)20(13)7-8-24-17-18-14(11-25-17)16(22)23/h11,13H,2,4-10H2,1,3H3,(H,22,23)/t13-/m1/s1. The van der Waals surface area contributed by atoms with Gasteiger partial charge in [-0.3, -0.25) is 9.69 Å². The summed E-state index contributed by atoms with van der Waals surface area (Å²) in [6, 6.07) is 0.248. The number of nitrogens with zero attached hydrogens (tertiary/aromatic N) is 3. The number of amides is 1. The van der Waals surface area contributed by atoms with Crippen molar-refractivity contribution in [3.8, 4) is 0 Å². The number of carbonyl (C=O) groups is 2. The lowest BCUT2D eigenvalue weighted by atomic mass is 10.2. The van der Waals surface area contributed by atoms with Gasteiger partial charge in [0.2, 0.25) is 5.91 Å². The summed E-state index contributed by atoms with van der Waals surface area (Å²) in [7, 11) is 0. The predicted molar refractivity (Wildman–Crippen MR) is 101 cm³/mol. The molecule has 1 aromatic rings. The van der Waals surface area contributed by atoms with Crippen LogP contribution in [-0.4, -0.2) is 69.7 Å². The number of aromatic nitrogens is 1. The summed E-state index contributed by atoms with van der Waals surface area (Å²) in [6.07, 6.45) is 1.51. The zero-order valence-corrected chi connectivity index (χ0v) is 16.4. The molecule has 138 valence electrons. The summed E-state index contributed by atoms with van der Waals surface area (Å²) in [6.45, 7) is 11.5. The Labute approximate surface area is 156 Å². The third-order valence-electron chi connectivity index (χ3n) is 4.12. The van der Waals surface area contributed by atoms with Crippen LogP contribution in [0.25, 0.3) is 0 Å². The molecule has 2 rings (SSSR count). The van der Waals surface area contributed by atoms with Gasteiger partial charge in [0.1, 0.15) is 0 Å².